The summed E-state index contributed by atoms with van der Waals surface area (Å²) >= 11 is 5.91. The first-order valence-electron chi connectivity index (χ1n) is 9.41. The molecule has 3 rings (SSSR count). The van der Waals surface area contributed by atoms with Gasteiger partial charge in [-0.25, -0.2) is 4.39 Å². The van der Waals surface area contributed by atoms with E-state index in [2.05, 4.69) is 17.4 Å². The monoisotopic (exact) mass is 429 g/mol. The SMILES string of the molecule is C=CC(=O)N1CCC(C(=O)NNC(=O)c2c(F)cccc2Cl)(c2ccccc2)CC1. The number of hydrazine groups is 1. The van der Waals surface area contributed by atoms with Crippen molar-refractivity contribution >= 4 is 29.3 Å². The Balaban J connectivity index is 1.79. The molecule has 1 aliphatic rings. The molecule has 1 saturated heterocycles. The molecule has 2 aromatic rings. The third kappa shape index (κ3) is 4.21. The highest BCUT2D eigenvalue weighted by Crippen LogP contribution is 2.36. The fraction of sp³-hybridized carbons (Fsp3) is 0.227. The van der Waals surface area contributed by atoms with Gasteiger partial charge in [0.2, 0.25) is 11.8 Å². The number of halogens is 2. The van der Waals surface area contributed by atoms with Crippen molar-refractivity contribution < 1.29 is 18.8 Å². The van der Waals surface area contributed by atoms with Gasteiger partial charge in [-0.3, -0.25) is 25.2 Å². The molecule has 8 heteroatoms. The molecule has 2 aromatic carbocycles. The molecule has 2 N–H and O–H groups in total. The van der Waals surface area contributed by atoms with Gasteiger partial charge in [0.05, 0.1) is 16.0 Å². The average Bonchev–Trinajstić information content (AvgIpc) is 2.77. The quantitative estimate of drug-likeness (QED) is 0.579. The Bertz CT molecular complexity index is 953. The van der Waals surface area contributed by atoms with E-state index in [0.29, 0.717) is 25.9 Å². The van der Waals surface area contributed by atoms with Crippen LogP contribution in [-0.4, -0.2) is 35.7 Å². The van der Waals surface area contributed by atoms with E-state index < -0.39 is 23.0 Å². The molecule has 0 radical (unpaired) electrons. The first-order chi connectivity index (χ1) is 14.4. The molecule has 0 aliphatic carbocycles. The van der Waals surface area contributed by atoms with Crippen LogP contribution < -0.4 is 10.9 Å². The maximum Gasteiger partial charge on any atom is 0.274 e. The third-order valence-electron chi connectivity index (χ3n) is 5.34. The number of piperidine rings is 1. The van der Waals surface area contributed by atoms with Crippen molar-refractivity contribution in [2.24, 2.45) is 0 Å². The lowest BCUT2D eigenvalue weighted by molar-refractivity contribution is -0.134. The number of carbonyl (C=O) groups is 3. The van der Waals surface area contributed by atoms with Crippen LogP contribution in [0.3, 0.4) is 0 Å². The molecule has 3 amide bonds. The Morgan fingerprint density at radius 1 is 1.03 bits per heavy atom. The van der Waals surface area contributed by atoms with Crippen LogP contribution in [-0.2, 0) is 15.0 Å². The van der Waals surface area contributed by atoms with Gasteiger partial charge < -0.3 is 4.90 Å². The van der Waals surface area contributed by atoms with Crippen molar-refractivity contribution in [3.05, 3.63) is 83.2 Å². The van der Waals surface area contributed by atoms with Gasteiger partial charge >= 0.3 is 0 Å². The number of amides is 3. The highest BCUT2D eigenvalue weighted by Gasteiger charge is 2.43. The van der Waals surface area contributed by atoms with Gasteiger partial charge in [0, 0.05) is 13.1 Å². The summed E-state index contributed by atoms with van der Waals surface area (Å²) in [6.45, 7) is 4.22. The molecule has 0 aromatic heterocycles. The molecule has 156 valence electrons. The fourth-order valence-corrected chi connectivity index (χ4v) is 3.90. The second-order valence-corrected chi connectivity index (χ2v) is 7.39. The van der Waals surface area contributed by atoms with Crippen LogP contribution in [0.2, 0.25) is 5.02 Å². The molecule has 30 heavy (non-hydrogen) atoms. The topological polar surface area (TPSA) is 78.5 Å². The summed E-state index contributed by atoms with van der Waals surface area (Å²) < 4.78 is 14.0. The van der Waals surface area contributed by atoms with Crippen LogP contribution in [0.25, 0.3) is 0 Å². The van der Waals surface area contributed by atoms with Crippen molar-refractivity contribution in [2.45, 2.75) is 18.3 Å². The molecular weight excluding hydrogens is 409 g/mol. The number of hydrogen-bond donors (Lipinski definition) is 2. The number of nitrogens with zero attached hydrogens (tertiary/aromatic N) is 1. The number of nitrogens with one attached hydrogen (secondary N) is 2. The zero-order valence-electron chi connectivity index (χ0n) is 16.2. The molecule has 1 fully saturated rings. The maximum atomic E-state index is 14.0. The van der Waals surface area contributed by atoms with Crippen LogP contribution in [0, 0.1) is 5.82 Å². The molecule has 0 spiro atoms. The van der Waals surface area contributed by atoms with Gasteiger partial charge in [-0.15, -0.1) is 0 Å². The van der Waals surface area contributed by atoms with Gasteiger partial charge in [-0.1, -0.05) is 54.6 Å². The van der Waals surface area contributed by atoms with Gasteiger partial charge in [0.15, 0.2) is 0 Å². The van der Waals surface area contributed by atoms with E-state index in [1.165, 1.54) is 18.2 Å². The second kappa shape index (κ2) is 9.09. The van der Waals surface area contributed by atoms with E-state index in [0.717, 1.165) is 11.6 Å². The predicted octanol–water partition coefficient (Wildman–Crippen LogP) is 2.99. The molecule has 0 unspecified atom stereocenters. The molecule has 0 bridgehead atoms. The van der Waals surface area contributed by atoms with Crippen molar-refractivity contribution in [3.8, 4) is 0 Å². The summed E-state index contributed by atoms with van der Waals surface area (Å²) in [6, 6.07) is 13.0. The van der Waals surface area contributed by atoms with Crippen LogP contribution in [0.15, 0.2) is 61.2 Å². The molecule has 0 saturated carbocycles. The van der Waals surface area contributed by atoms with Crippen LogP contribution in [0.5, 0.6) is 0 Å². The Hall–Kier alpha value is -3.19. The zero-order chi connectivity index (χ0) is 21.7. The lowest BCUT2D eigenvalue weighted by atomic mass is 9.72. The molecular formula is C22H21ClFN3O3. The van der Waals surface area contributed by atoms with Crippen molar-refractivity contribution in [3.63, 3.8) is 0 Å². The summed E-state index contributed by atoms with van der Waals surface area (Å²) in [5, 5.41) is -0.0595. The summed E-state index contributed by atoms with van der Waals surface area (Å²) in [6.07, 6.45) is 1.96. The highest BCUT2D eigenvalue weighted by molar-refractivity contribution is 6.33. The zero-order valence-corrected chi connectivity index (χ0v) is 16.9. The molecule has 1 heterocycles. The fourth-order valence-electron chi connectivity index (χ4n) is 3.65. The van der Waals surface area contributed by atoms with Crippen LogP contribution in [0.4, 0.5) is 4.39 Å². The summed E-state index contributed by atoms with van der Waals surface area (Å²) in [5.41, 5.74) is 4.14. The standard InChI is InChI=1S/C22H21ClFN3O3/c1-2-18(28)27-13-11-22(12-14-27,15-7-4-3-5-8-15)21(30)26-25-20(29)19-16(23)9-6-10-17(19)24/h2-10H,1,11-14H2,(H,25,29)(H,26,30). The van der Waals surface area contributed by atoms with E-state index >= 15 is 0 Å². The van der Waals surface area contributed by atoms with Crippen molar-refractivity contribution in [1.29, 1.82) is 0 Å². The van der Waals surface area contributed by atoms with Crippen molar-refractivity contribution in [1.82, 2.24) is 15.8 Å². The predicted molar refractivity (Wildman–Crippen MR) is 111 cm³/mol. The Labute approximate surface area is 178 Å². The Morgan fingerprint density at radius 2 is 1.70 bits per heavy atom. The molecule has 6 nitrogen and oxygen atoms in total. The summed E-state index contributed by atoms with van der Waals surface area (Å²) in [4.78, 5) is 39.1. The van der Waals surface area contributed by atoms with Gasteiger partial charge in [-0.05, 0) is 36.6 Å². The first kappa shape index (κ1) is 21.5. The Kier molecular flexibility index (Phi) is 6.52. The number of carbonyl (C=O) groups excluding carboxylic acids is 3. The number of likely N-dealkylation sites (tertiary alicyclic amines) is 1. The van der Waals surface area contributed by atoms with Crippen molar-refractivity contribution in [2.75, 3.05) is 13.1 Å². The number of rotatable bonds is 4. The minimum absolute atomic E-state index is 0.0595. The minimum Gasteiger partial charge on any atom is -0.339 e. The largest absolute Gasteiger partial charge is 0.339 e. The van der Waals surface area contributed by atoms with E-state index in [-0.39, 0.29) is 16.5 Å². The number of hydrogen-bond acceptors (Lipinski definition) is 3. The van der Waals surface area contributed by atoms with Crippen LogP contribution >= 0.6 is 11.6 Å². The summed E-state index contributed by atoms with van der Waals surface area (Å²) in [5.74, 6) is -2.28. The van der Waals surface area contributed by atoms with E-state index in [4.69, 9.17) is 11.6 Å². The highest BCUT2D eigenvalue weighted by atomic mass is 35.5. The smallest absolute Gasteiger partial charge is 0.274 e. The maximum absolute atomic E-state index is 14.0. The molecule has 1 aliphatic heterocycles. The van der Waals surface area contributed by atoms with Crippen LogP contribution in [0.1, 0.15) is 28.8 Å². The van der Waals surface area contributed by atoms with Gasteiger partial charge in [0.1, 0.15) is 5.82 Å². The average molecular weight is 430 g/mol. The summed E-state index contributed by atoms with van der Waals surface area (Å²) in [7, 11) is 0. The lowest BCUT2D eigenvalue weighted by Crippen LogP contribution is -2.56. The first-order valence-corrected chi connectivity index (χ1v) is 9.78. The van der Waals surface area contributed by atoms with E-state index in [1.54, 1.807) is 4.90 Å². The lowest BCUT2D eigenvalue weighted by Gasteiger charge is -2.40. The van der Waals surface area contributed by atoms with E-state index in [9.17, 15) is 18.8 Å². The van der Waals surface area contributed by atoms with E-state index in [1.807, 2.05) is 30.3 Å². The van der Waals surface area contributed by atoms with Gasteiger partial charge in [-0.2, -0.15) is 0 Å². The Morgan fingerprint density at radius 3 is 2.30 bits per heavy atom. The molecule has 0 atom stereocenters. The number of benzene rings is 2. The normalized spacial score (nSPS) is 15.2. The minimum atomic E-state index is -0.953. The second-order valence-electron chi connectivity index (χ2n) is 6.98. The third-order valence-corrected chi connectivity index (χ3v) is 5.66. The van der Waals surface area contributed by atoms with Gasteiger partial charge in [0.25, 0.3) is 5.91 Å².